The predicted octanol–water partition coefficient (Wildman–Crippen LogP) is 2.91. The monoisotopic (exact) mass is 373 g/mol. The van der Waals surface area contributed by atoms with Gasteiger partial charge in [-0.2, -0.15) is 0 Å². The molecule has 3 rings (SSSR count). The van der Waals surface area contributed by atoms with E-state index in [1.54, 1.807) is 24.3 Å². The molecule has 1 aromatic heterocycles. The number of amides is 1. The van der Waals surface area contributed by atoms with Crippen LogP contribution in [0.15, 0.2) is 30.3 Å². The first-order valence-corrected chi connectivity index (χ1v) is 9.05. The van der Waals surface area contributed by atoms with Gasteiger partial charge >= 0.3 is 5.97 Å². The molecule has 136 valence electrons. The first kappa shape index (κ1) is 18.1. The van der Waals surface area contributed by atoms with Gasteiger partial charge in [0.2, 0.25) is 5.78 Å². The molecule has 26 heavy (non-hydrogen) atoms. The number of ether oxygens (including phenoxy) is 2. The van der Waals surface area contributed by atoms with Crippen molar-refractivity contribution in [2.24, 2.45) is 0 Å². The van der Waals surface area contributed by atoms with Gasteiger partial charge in [0.1, 0.15) is 5.75 Å². The van der Waals surface area contributed by atoms with Gasteiger partial charge in [0.15, 0.2) is 13.2 Å². The number of carbonyl (C=O) groups excluding carboxylic acids is 3. The van der Waals surface area contributed by atoms with E-state index in [9.17, 15) is 14.4 Å². The molecule has 0 spiro atoms. The lowest BCUT2D eigenvalue weighted by Crippen LogP contribution is -2.40. The van der Waals surface area contributed by atoms with E-state index in [2.05, 4.69) is 0 Å². The van der Waals surface area contributed by atoms with Crippen molar-refractivity contribution in [1.82, 2.24) is 0 Å². The van der Waals surface area contributed by atoms with Crippen LogP contribution in [0.25, 0.3) is 0 Å². The maximum atomic E-state index is 12.2. The number of benzene rings is 1. The first-order valence-electron chi connectivity index (χ1n) is 8.24. The van der Waals surface area contributed by atoms with Gasteiger partial charge in [-0.15, -0.1) is 11.3 Å². The lowest BCUT2D eigenvalue weighted by atomic mass is 10.2. The summed E-state index contributed by atoms with van der Waals surface area (Å²) in [5.74, 6) is -0.330. The van der Waals surface area contributed by atoms with Crippen molar-refractivity contribution in [2.45, 2.75) is 20.3 Å². The maximum Gasteiger partial charge on any atom is 0.308 e. The Morgan fingerprint density at radius 3 is 2.77 bits per heavy atom. The molecule has 0 saturated heterocycles. The maximum absolute atomic E-state index is 12.2. The standard InChI is InChI=1S/C19H19NO5S/c1-12-9-14(13(2)26-12)16(21)10-25-19(23)7-8-20-15-5-3-4-6-17(15)24-11-18(20)22/h3-6,9H,7-8,10-11H2,1-2H3. The minimum absolute atomic E-state index is 0.00893. The molecular formula is C19H19NO5S. The zero-order valence-electron chi connectivity index (χ0n) is 14.6. The van der Waals surface area contributed by atoms with Gasteiger partial charge in [-0.05, 0) is 32.0 Å². The number of nitrogens with zero attached hydrogens (tertiary/aromatic N) is 1. The average molecular weight is 373 g/mol. The molecule has 6 nitrogen and oxygen atoms in total. The Bertz CT molecular complexity index is 857. The van der Waals surface area contributed by atoms with Crippen molar-refractivity contribution in [2.75, 3.05) is 24.7 Å². The summed E-state index contributed by atoms with van der Waals surface area (Å²) in [5.41, 5.74) is 1.23. The van der Waals surface area contributed by atoms with Crippen LogP contribution < -0.4 is 9.64 Å². The molecule has 0 bridgehead atoms. The van der Waals surface area contributed by atoms with Crippen LogP contribution in [0.5, 0.6) is 5.75 Å². The molecule has 1 aromatic carbocycles. The summed E-state index contributed by atoms with van der Waals surface area (Å²) in [5, 5.41) is 0. The van der Waals surface area contributed by atoms with E-state index in [1.165, 1.54) is 16.2 Å². The third kappa shape index (κ3) is 3.94. The van der Waals surface area contributed by atoms with Crippen molar-refractivity contribution in [3.05, 3.63) is 45.6 Å². The smallest absolute Gasteiger partial charge is 0.308 e. The van der Waals surface area contributed by atoms with Gasteiger partial charge in [-0.1, -0.05) is 12.1 Å². The Kier molecular flexibility index (Phi) is 5.37. The quantitative estimate of drug-likeness (QED) is 0.575. The van der Waals surface area contributed by atoms with Gasteiger partial charge < -0.3 is 14.4 Å². The SMILES string of the molecule is Cc1cc(C(=O)COC(=O)CCN2C(=O)COc3ccccc32)c(C)s1. The molecule has 0 unspecified atom stereocenters. The Labute approximate surface area is 155 Å². The number of hydrogen-bond donors (Lipinski definition) is 0. The molecular weight excluding hydrogens is 354 g/mol. The predicted molar refractivity (Wildman–Crippen MR) is 98.0 cm³/mol. The van der Waals surface area contributed by atoms with Gasteiger partial charge in [0.05, 0.1) is 12.1 Å². The zero-order valence-corrected chi connectivity index (χ0v) is 15.4. The Hall–Kier alpha value is -2.67. The lowest BCUT2D eigenvalue weighted by molar-refractivity contribution is -0.142. The van der Waals surface area contributed by atoms with E-state index < -0.39 is 5.97 Å². The van der Waals surface area contributed by atoms with E-state index in [4.69, 9.17) is 9.47 Å². The highest BCUT2D eigenvalue weighted by molar-refractivity contribution is 7.12. The van der Waals surface area contributed by atoms with Gasteiger partial charge in [-0.3, -0.25) is 14.4 Å². The van der Waals surface area contributed by atoms with Crippen LogP contribution >= 0.6 is 11.3 Å². The molecule has 2 aromatic rings. The fourth-order valence-electron chi connectivity index (χ4n) is 2.81. The average Bonchev–Trinajstić information content (AvgIpc) is 2.97. The van der Waals surface area contributed by atoms with E-state index >= 15 is 0 Å². The third-order valence-corrected chi connectivity index (χ3v) is 5.02. The number of rotatable bonds is 6. The van der Waals surface area contributed by atoms with Crippen LogP contribution in [0.1, 0.15) is 26.5 Å². The fraction of sp³-hybridized carbons (Fsp3) is 0.316. The van der Waals surface area contributed by atoms with Crippen LogP contribution in [-0.4, -0.2) is 37.4 Å². The summed E-state index contributed by atoms with van der Waals surface area (Å²) < 4.78 is 10.4. The number of para-hydroxylation sites is 2. The van der Waals surface area contributed by atoms with Crippen molar-refractivity contribution in [3.8, 4) is 5.75 Å². The first-order chi connectivity index (χ1) is 12.5. The highest BCUT2D eigenvalue weighted by Gasteiger charge is 2.25. The fourth-order valence-corrected chi connectivity index (χ4v) is 3.75. The number of Topliss-reactive ketones (excluding diaryl/α,β-unsaturated/α-hetero) is 1. The Morgan fingerprint density at radius 1 is 1.27 bits per heavy atom. The van der Waals surface area contributed by atoms with Crippen LogP contribution in [0, 0.1) is 13.8 Å². The van der Waals surface area contributed by atoms with Crippen molar-refractivity contribution < 1.29 is 23.9 Å². The summed E-state index contributed by atoms with van der Waals surface area (Å²) in [7, 11) is 0. The molecule has 0 radical (unpaired) electrons. The summed E-state index contributed by atoms with van der Waals surface area (Å²) in [6, 6.07) is 8.97. The largest absolute Gasteiger partial charge is 0.482 e. The molecule has 0 aliphatic carbocycles. The van der Waals surface area contributed by atoms with Gasteiger partial charge in [0.25, 0.3) is 5.91 Å². The van der Waals surface area contributed by atoms with E-state index in [0.717, 1.165) is 9.75 Å². The number of hydrogen-bond acceptors (Lipinski definition) is 6. The molecule has 2 heterocycles. The van der Waals surface area contributed by atoms with Crippen LogP contribution in [0.3, 0.4) is 0 Å². The second kappa shape index (κ2) is 7.70. The topological polar surface area (TPSA) is 72.9 Å². The molecule has 0 atom stereocenters. The van der Waals surface area contributed by atoms with Crippen molar-refractivity contribution in [3.63, 3.8) is 0 Å². The molecule has 7 heteroatoms. The van der Waals surface area contributed by atoms with Crippen LogP contribution in [-0.2, 0) is 14.3 Å². The summed E-state index contributed by atoms with van der Waals surface area (Å²) >= 11 is 1.54. The van der Waals surface area contributed by atoms with E-state index in [0.29, 0.717) is 17.0 Å². The molecule has 1 aliphatic rings. The number of carbonyl (C=O) groups is 3. The van der Waals surface area contributed by atoms with E-state index in [-0.39, 0.29) is 37.9 Å². The minimum Gasteiger partial charge on any atom is -0.482 e. The van der Waals surface area contributed by atoms with Crippen molar-refractivity contribution in [1.29, 1.82) is 0 Å². The van der Waals surface area contributed by atoms with E-state index in [1.807, 2.05) is 19.9 Å². The molecule has 1 amide bonds. The summed E-state index contributed by atoms with van der Waals surface area (Å²) in [4.78, 5) is 39.7. The number of fused-ring (bicyclic) bond motifs is 1. The van der Waals surface area contributed by atoms with Crippen LogP contribution in [0.4, 0.5) is 5.69 Å². The lowest BCUT2D eigenvalue weighted by Gasteiger charge is -2.28. The molecule has 1 aliphatic heterocycles. The number of esters is 1. The second-order valence-electron chi connectivity index (χ2n) is 5.96. The number of ketones is 1. The normalized spacial score (nSPS) is 13.2. The highest BCUT2D eigenvalue weighted by atomic mass is 32.1. The third-order valence-electron chi connectivity index (χ3n) is 4.05. The van der Waals surface area contributed by atoms with Crippen LogP contribution in [0.2, 0.25) is 0 Å². The van der Waals surface area contributed by atoms with Gasteiger partial charge in [0, 0.05) is 21.9 Å². The number of thiophene rings is 1. The number of aryl methyl sites for hydroxylation is 2. The summed E-state index contributed by atoms with van der Waals surface area (Å²) in [6.45, 7) is 3.64. The minimum atomic E-state index is -0.514. The molecule has 0 saturated carbocycles. The zero-order chi connectivity index (χ0) is 18.7. The highest BCUT2D eigenvalue weighted by Crippen LogP contribution is 2.31. The molecule has 0 N–H and O–H groups in total. The molecule has 0 fully saturated rings. The van der Waals surface area contributed by atoms with Crippen molar-refractivity contribution >= 4 is 34.7 Å². The Balaban J connectivity index is 1.54. The Morgan fingerprint density at radius 2 is 2.04 bits per heavy atom. The number of anilines is 1. The summed E-state index contributed by atoms with van der Waals surface area (Å²) in [6.07, 6.45) is 0.00893. The second-order valence-corrected chi connectivity index (χ2v) is 7.42. The van der Waals surface area contributed by atoms with Gasteiger partial charge in [-0.25, -0.2) is 0 Å².